The van der Waals surface area contributed by atoms with Crippen molar-refractivity contribution in [2.24, 2.45) is 0 Å². The number of ether oxygens (including phenoxy) is 2. The second-order valence-corrected chi connectivity index (χ2v) is 9.91. The van der Waals surface area contributed by atoms with Crippen LogP contribution in [-0.4, -0.2) is 27.6 Å². The van der Waals surface area contributed by atoms with Crippen molar-refractivity contribution in [3.05, 3.63) is 100 Å². The van der Waals surface area contributed by atoms with Gasteiger partial charge in [0.2, 0.25) is 11.1 Å². The number of hydrogen-bond acceptors (Lipinski definition) is 6. The van der Waals surface area contributed by atoms with Gasteiger partial charge in [-0.25, -0.2) is 4.68 Å². The molecule has 2 aliphatic rings. The summed E-state index contributed by atoms with van der Waals surface area (Å²) in [5, 5.41) is 9.24. The Balaban J connectivity index is 1.59. The Bertz CT molecular complexity index is 1460. The highest BCUT2D eigenvalue weighted by atomic mass is 32.2. The summed E-state index contributed by atoms with van der Waals surface area (Å²) in [5.74, 6) is 2.44. The van der Waals surface area contributed by atoms with E-state index in [2.05, 4.69) is 73.8 Å². The number of thioether (sulfide) groups is 1. The van der Waals surface area contributed by atoms with E-state index in [0.717, 1.165) is 50.6 Å². The highest BCUT2D eigenvalue weighted by Crippen LogP contribution is 2.51. The van der Waals surface area contributed by atoms with Crippen molar-refractivity contribution in [3.8, 4) is 11.5 Å². The summed E-state index contributed by atoms with van der Waals surface area (Å²) >= 11 is 1.54. The average Bonchev–Trinajstić information content (AvgIpc) is 3.31. The van der Waals surface area contributed by atoms with Crippen LogP contribution in [0.3, 0.4) is 0 Å². The number of aryl methyl sites for hydroxylation is 2. The van der Waals surface area contributed by atoms with Crippen LogP contribution in [0.1, 0.15) is 46.9 Å². The summed E-state index contributed by atoms with van der Waals surface area (Å²) in [7, 11) is 0. The second kappa shape index (κ2) is 9.06. The van der Waals surface area contributed by atoms with Crippen molar-refractivity contribution < 1.29 is 9.47 Å². The number of benzene rings is 3. The van der Waals surface area contributed by atoms with Gasteiger partial charge in [-0.2, -0.15) is 4.98 Å². The third kappa shape index (κ3) is 3.84. The van der Waals surface area contributed by atoms with Crippen molar-refractivity contribution in [2.75, 3.05) is 18.2 Å². The van der Waals surface area contributed by atoms with E-state index < -0.39 is 0 Å². The molecule has 2 aliphatic heterocycles. The van der Waals surface area contributed by atoms with Crippen LogP contribution in [0, 0.1) is 13.8 Å². The van der Waals surface area contributed by atoms with Crippen LogP contribution in [0.4, 0.5) is 5.95 Å². The van der Waals surface area contributed by atoms with E-state index in [0.29, 0.717) is 6.61 Å². The monoisotopic (exact) mass is 496 g/mol. The zero-order valence-electron chi connectivity index (χ0n) is 20.8. The quantitative estimate of drug-likeness (QED) is 0.315. The Hall–Kier alpha value is -3.71. The molecule has 7 heteroatoms. The van der Waals surface area contributed by atoms with Gasteiger partial charge in [-0.05, 0) is 62.4 Å². The first-order valence-electron chi connectivity index (χ1n) is 12.1. The van der Waals surface area contributed by atoms with Crippen molar-refractivity contribution >= 4 is 23.4 Å². The number of hydrogen-bond donors (Lipinski definition) is 1. The van der Waals surface area contributed by atoms with Crippen LogP contribution in [0.2, 0.25) is 0 Å². The summed E-state index contributed by atoms with van der Waals surface area (Å²) < 4.78 is 14.5. The second-order valence-electron chi connectivity index (χ2n) is 9.13. The summed E-state index contributed by atoms with van der Waals surface area (Å²) in [4.78, 5) is 4.79. The molecule has 4 aromatic rings. The van der Waals surface area contributed by atoms with Gasteiger partial charge in [-0.15, -0.1) is 5.10 Å². The van der Waals surface area contributed by atoms with Crippen LogP contribution in [0.25, 0.3) is 5.70 Å². The lowest BCUT2D eigenvalue weighted by Crippen LogP contribution is -2.32. The molecular weight excluding hydrogens is 468 g/mol. The van der Waals surface area contributed by atoms with Gasteiger partial charge in [0.1, 0.15) is 23.6 Å². The maximum absolute atomic E-state index is 6.76. The standard InChI is InChI=1S/C29H28N4O2S/c1-5-34-21-13-11-20(12-14-21)27-24-25(22-16-18(3)8-15-23(22)35-27)30-28-31-29(36-4)32-33(28)26(24)19-9-6-17(2)7-10-19/h6-16,26-27H,5H2,1-4H3,(H,30,31,32)/t26-,27+/m1/s1. The molecule has 2 atom stereocenters. The van der Waals surface area contributed by atoms with Gasteiger partial charge in [-0.3, -0.25) is 0 Å². The number of nitrogens with zero attached hydrogens (tertiary/aromatic N) is 3. The number of rotatable bonds is 5. The molecule has 182 valence electrons. The third-order valence-electron chi connectivity index (χ3n) is 6.68. The van der Waals surface area contributed by atoms with E-state index in [-0.39, 0.29) is 12.1 Å². The lowest BCUT2D eigenvalue weighted by Gasteiger charge is -2.39. The number of anilines is 1. The minimum Gasteiger partial charge on any atom is -0.494 e. The molecule has 6 nitrogen and oxygen atoms in total. The van der Waals surface area contributed by atoms with Crippen LogP contribution in [0.15, 0.2) is 77.5 Å². The Labute approximate surface area is 215 Å². The summed E-state index contributed by atoms with van der Waals surface area (Å²) in [5.41, 5.74) is 7.80. The molecule has 3 aromatic carbocycles. The average molecular weight is 497 g/mol. The van der Waals surface area contributed by atoms with Crippen LogP contribution in [-0.2, 0) is 0 Å². The largest absolute Gasteiger partial charge is 0.494 e. The predicted molar refractivity (Wildman–Crippen MR) is 144 cm³/mol. The van der Waals surface area contributed by atoms with E-state index in [1.807, 2.05) is 30.0 Å². The molecule has 6 rings (SSSR count). The van der Waals surface area contributed by atoms with Gasteiger partial charge in [0, 0.05) is 11.1 Å². The zero-order chi connectivity index (χ0) is 24.8. The summed E-state index contributed by atoms with van der Waals surface area (Å²) in [6.45, 7) is 6.84. The van der Waals surface area contributed by atoms with Crippen molar-refractivity contribution in [1.29, 1.82) is 0 Å². The fourth-order valence-corrected chi connectivity index (χ4v) is 5.31. The van der Waals surface area contributed by atoms with E-state index in [1.165, 1.54) is 22.9 Å². The number of nitrogens with one attached hydrogen (secondary N) is 1. The Morgan fingerprint density at radius 1 is 0.972 bits per heavy atom. The minimum atomic E-state index is -0.306. The van der Waals surface area contributed by atoms with Crippen LogP contribution in [0.5, 0.6) is 11.5 Å². The highest BCUT2D eigenvalue weighted by Gasteiger charge is 2.41. The van der Waals surface area contributed by atoms with Crippen molar-refractivity contribution in [1.82, 2.24) is 14.8 Å². The first-order valence-corrected chi connectivity index (χ1v) is 13.4. The van der Waals surface area contributed by atoms with Gasteiger partial charge < -0.3 is 14.8 Å². The topological polar surface area (TPSA) is 61.2 Å². The fraction of sp³-hybridized carbons (Fsp3) is 0.241. The normalized spacial score (nSPS) is 18.0. The molecule has 0 amide bonds. The molecule has 0 radical (unpaired) electrons. The molecule has 0 bridgehead atoms. The minimum absolute atomic E-state index is 0.171. The SMILES string of the molecule is CCOc1ccc([C@@H]2Oc3ccc(C)cc3C3=C2[C@@H](c2ccc(C)cc2)n2nc(SC)nc2N3)cc1. The summed E-state index contributed by atoms with van der Waals surface area (Å²) in [6, 6.07) is 23.0. The van der Waals surface area contributed by atoms with Gasteiger partial charge in [-0.1, -0.05) is 65.4 Å². The van der Waals surface area contributed by atoms with Gasteiger partial charge in [0.15, 0.2) is 0 Å². The molecule has 0 aliphatic carbocycles. The molecule has 0 unspecified atom stereocenters. The lowest BCUT2D eigenvalue weighted by molar-refractivity contribution is 0.222. The predicted octanol–water partition coefficient (Wildman–Crippen LogP) is 6.58. The fourth-order valence-electron chi connectivity index (χ4n) is 4.96. The van der Waals surface area contributed by atoms with Crippen molar-refractivity contribution in [2.45, 2.75) is 38.1 Å². The Morgan fingerprint density at radius 3 is 2.42 bits per heavy atom. The Morgan fingerprint density at radius 2 is 1.69 bits per heavy atom. The maximum atomic E-state index is 6.76. The molecule has 0 saturated carbocycles. The summed E-state index contributed by atoms with van der Waals surface area (Å²) in [6.07, 6.45) is 1.69. The maximum Gasteiger partial charge on any atom is 0.227 e. The molecule has 3 heterocycles. The Kier molecular flexibility index (Phi) is 5.72. The molecule has 36 heavy (non-hydrogen) atoms. The zero-order valence-corrected chi connectivity index (χ0v) is 21.6. The van der Waals surface area contributed by atoms with E-state index in [9.17, 15) is 0 Å². The van der Waals surface area contributed by atoms with Crippen molar-refractivity contribution in [3.63, 3.8) is 0 Å². The molecule has 1 N–H and O–H groups in total. The smallest absolute Gasteiger partial charge is 0.227 e. The van der Waals surface area contributed by atoms with Gasteiger partial charge in [0.05, 0.1) is 12.3 Å². The first kappa shape index (κ1) is 22.7. The van der Waals surface area contributed by atoms with Gasteiger partial charge in [0.25, 0.3) is 0 Å². The van der Waals surface area contributed by atoms with Crippen LogP contribution < -0.4 is 14.8 Å². The van der Waals surface area contributed by atoms with Crippen LogP contribution >= 0.6 is 11.8 Å². The van der Waals surface area contributed by atoms with E-state index in [1.54, 1.807) is 0 Å². The third-order valence-corrected chi connectivity index (χ3v) is 7.22. The first-order chi connectivity index (χ1) is 17.6. The number of fused-ring (bicyclic) bond motifs is 3. The highest BCUT2D eigenvalue weighted by molar-refractivity contribution is 7.98. The number of aromatic nitrogens is 3. The van der Waals surface area contributed by atoms with E-state index in [4.69, 9.17) is 19.6 Å². The molecule has 0 spiro atoms. The molecule has 1 aromatic heterocycles. The molecular formula is C29H28N4O2S. The molecule has 0 saturated heterocycles. The molecule has 0 fully saturated rings. The lowest BCUT2D eigenvalue weighted by atomic mass is 9.84. The van der Waals surface area contributed by atoms with E-state index >= 15 is 0 Å². The van der Waals surface area contributed by atoms with Gasteiger partial charge >= 0.3 is 0 Å².